The number of aliphatic hydroxyl groups is 1. The molecule has 0 bridgehead atoms. The second-order valence-corrected chi connectivity index (χ2v) is 5.13. The minimum absolute atomic E-state index is 0.118. The van der Waals surface area contributed by atoms with Crippen molar-refractivity contribution in [1.29, 1.82) is 0 Å². The summed E-state index contributed by atoms with van der Waals surface area (Å²) in [6.45, 7) is 3.46. The Balaban J connectivity index is 2.16. The average Bonchev–Trinajstić information content (AvgIpc) is 2.86. The molecule has 0 aliphatic rings. The molecule has 0 radical (unpaired) electrons. The van der Waals surface area contributed by atoms with Crippen molar-refractivity contribution < 1.29 is 14.3 Å². The molecular formula is C15H19FN4O2. The summed E-state index contributed by atoms with van der Waals surface area (Å²) < 4.78 is 14.6. The van der Waals surface area contributed by atoms with Crippen LogP contribution >= 0.6 is 0 Å². The van der Waals surface area contributed by atoms with Gasteiger partial charge < -0.3 is 10.0 Å². The first-order valence-electron chi connectivity index (χ1n) is 6.89. The predicted molar refractivity (Wildman–Crippen MR) is 81.6 cm³/mol. The number of aromatic nitrogens is 2. The van der Waals surface area contributed by atoms with Gasteiger partial charge in [-0.05, 0) is 38.1 Å². The molecule has 1 aromatic heterocycles. The number of likely N-dealkylation sites (N-methyl/N-ethyl adjacent to an activating group) is 1. The highest BCUT2D eigenvalue weighted by Gasteiger charge is 2.16. The fourth-order valence-electron chi connectivity index (χ4n) is 1.90. The normalized spacial score (nSPS) is 12.0. The third-order valence-electron chi connectivity index (χ3n) is 3.44. The number of nitrogens with one attached hydrogen (secondary N) is 1. The monoisotopic (exact) mass is 306 g/mol. The van der Waals surface area contributed by atoms with Gasteiger partial charge in [0.15, 0.2) is 5.82 Å². The van der Waals surface area contributed by atoms with Crippen LogP contribution in [-0.4, -0.2) is 45.5 Å². The summed E-state index contributed by atoms with van der Waals surface area (Å²) in [5, 5.41) is 16.0. The highest BCUT2D eigenvalue weighted by molar-refractivity contribution is 5.88. The number of hydrogen-bond acceptors (Lipinski definition) is 3. The zero-order chi connectivity index (χ0) is 16.3. The number of anilines is 1. The molecule has 0 saturated carbocycles. The summed E-state index contributed by atoms with van der Waals surface area (Å²) in [5.74, 6) is 0.0746. The van der Waals surface area contributed by atoms with Gasteiger partial charge in [0.05, 0.1) is 18.3 Å². The number of urea groups is 1. The summed E-state index contributed by atoms with van der Waals surface area (Å²) in [7, 11) is 1.60. The zero-order valence-corrected chi connectivity index (χ0v) is 12.7. The van der Waals surface area contributed by atoms with Crippen molar-refractivity contribution in [2.75, 3.05) is 19.0 Å². The molecule has 22 heavy (non-hydrogen) atoms. The number of amides is 2. The van der Waals surface area contributed by atoms with E-state index in [2.05, 4.69) is 10.4 Å². The van der Waals surface area contributed by atoms with Gasteiger partial charge in [0.2, 0.25) is 0 Å². The predicted octanol–water partition coefficient (Wildman–Crippen LogP) is 2.16. The molecule has 1 aromatic carbocycles. The van der Waals surface area contributed by atoms with E-state index >= 15 is 0 Å². The Bertz CT molecular complexity index is 654. The molecule has 2 amide bonds. The van der Waals surface area contributed by atoms with Crippen LogP contribution in [0.1, 0.15) is 12.6 Å². The molecule has 1 heterocycles. The summed E-state index contributed by atoms with van der Waals surface area (Å²) >= 11 is 0. The average molecular weight is 306 g/mol. The summed E-state index contributed by atoms with van der Waals surface area (Å²) in [4.78, 5) is 13.4. The van der Waals surface area contributed by atoms with Crippen molar-refractivity contribution in [3.8, 4) is 5.69 Å². The van der Waals surface area contributed by atoms with Crippen LogP contribution in [0.25, 0.3) is 5.69 Å². The Labute approximate surface area is 128 Å². The Morgan fingerprint density at radius 3 is 2.68 bits per heavy atom. The molecule has 0 aliphatic heterocycles. The first-order chi connectivity index (χ1) is 10.4. The number of rotatable bonds is 4. The number of halogens is 1. The fourth-order valence-corrected chi connectivity index (χ4v) is 1.90. The van der Waals surface area contributed by atoms with E-state index in [1.165, 1.54) is 17.0 Å². The lowest BCUT2D eigenvalue weighted by molar-refractivity contribution is 0.166. The van der Waals surface area contributed by atoms with Gasteiger partial charge in [-0.15, -0.1) is 5.10 Å². The van der Waals surface area contributed by atoms with Gasteiger partial charge in [-0.1, -0.05) is 0 Å². The van der Waals surface area contributed by atoms with E-state index in [9.17, 15) is 9.18 Å². The molecule has 1 unspecified atom stereocenters. The molecule has 2 N–H and O–H groups in total. The molecule has 7 heteroatoms. The Morgan fingerprint density at radius 1 is 1.45 bits per heavy atom. The van der Waals surface area contributed by atoms with Gasteiger partial charge in [0, 0.05) is 18.8 Å². The Morgan fingerprint density at radius 2 is 2.09 bits per heavy atom. The van der Waals surface area contributed by atoms with Crippen LogP contribution in [0.3, 0.4) is 0 Å². The molecule has 1 atom stereocenters. The van der Waals surface area contributed by atoms with Crippen molar-refractivity contribution in [3.63, 3.8) is 0 Å². The van der Waals surface area contributed by atoms with Crippen LogP contribution in [0, 0.1) is 12.7 Å². The van der Waals surface area contributed by atoms with Crippen LogP contribution in [0.15, 0.2) is 30.3 Å². The van der Waals surface area contributed by atoms with E-state index in [-0.39, 0.29) is 24.5 Å². The number of carbonyl (C=O) groups is 1. The molecular weight excluding hydrogens is 287 g/mol. The molecule has 6 nitrogen and oxygen atoms in total. The molecule has 2 aromatic rings. The number of hydrogen-bond donors (Lipinski definition) is 2. The highest BCUT2D eigenvalue weighted by Crippen LogP contribution is 2.16. The van der Waals surface area contributed by atoms with E-state index in [4.69, 9.17) is 5.11 Å². The number of carbonyl (C=O) groups excluding carboxylic acids is 1. The van der Waals surface area contributed by atoms with Gasteiger partial charge in [-0.2, -0.15) is 0 Å². The third kappa shape index (κ3) is 3.43. The number of aryl methyl sites for hydroxylation is 1. The van der Waals surface area contributed by atoms with E-state index in [0.29, 0.717) is 11.5 Å². The van der Waals surface area contributed by atoms with Gasteiger partial charge in [0.25, 0.3) is 0 Å². The minimum Gasteiger partial charge on any atom is -0.394 e. The lowest BCUT2D eigenvalue weighted by atomic mass is 10.3. The Hall–Kier alpha value is -2.41. The van der Waals surface area contributed by atoms with Crippen molar-refractivity contribution in [3.05, 3.63) is 41.8 Å². The van der Waals surface area contributed by atoms with Gasteiger partial charge in [-0.3, -0.25) is 5.32 Å². The van der Waals surface area contributed by atoms with Crippen LogP contribution in [0.2, 0.25) is 0 Å². The lowest BCUT2D eigenvalue weighted by Gasteiger charge is -2.22. The first kappa shape index (κ1) is 16.0. The summed E-state index contributed by atoms with van der Waals surface area (Å²) in [6.07, 6.45) is 0. The Kier molecular flexibility index (Phi) is 4.77. The number of aliphatic hydroxyl groups excluding tert-OH is 1. The maximum absolute atomic E-state index is 13.0. The largest absolute Gasteiger partial charge is 0.394 e. The number of benzene rings is 1. The van der Waals surface area contributed by atoms with Gasteiger partial charge in [-0.25, -0.2) is 13.9 Å². The highest BCUT2D eigenvalue weighted by atomic mass is 19.1. The topological polar surface area (TPSA) is 70.4 Å². The minimum atomic E-state index is -0.356. The van der Waals surface area contributed by atoms with E-state index < -0.39 is 0 Å². The summed E-state index contributed by atoms with van der Waals surface area (Å²) in [5.41, 5.74) is 1.51. The van der Waals surface area contributed by atoms with Crippen LogP contribution in [0.4, 0.5) is 15.0 Å². The molecule has 2 rings (SSSR count). The fraction of sp³-hybridized carbons (Fsp3) is 0.333. The lowest BCUT2D eigenvalue weighted by Crippen LogP contribution is -2.40. The van der Waals surface area contributed by atoms with Crippen LogP contribution < -0.4 is 5.32 Å². The van der Waals surface area contributed by atoms with E-state index in [1.54, 1.807) is 36.9 Å². The maximum atomic E-state index is 13.0. The van der Waals surface area contributed by atoms with Crippen LogP contribution in [-0.2, 0) is 0 Å². The van der Waals surface area contributed by atoms with E-state index in [1.807, 2.05) is 6.92 Å². The quantitative estimate of drug-likeness (QED) is 0.909. The number of nitrogens with zero attached hydrogens (tertiary/aromatic N) is 3. The maximum Gasteiger partial charge on any atom is 0.323 e. The molecule has 118 valence electrons. The second kappa shape index (κ2) is 6.57. The summed E-state index contributed by atoms with van der Waals surface area (Å²) in [6, 6.07) is 7.00. The molecule has 0 saturated heterocycles. The molecule has 0 fully saturated rings. The zero-order valence-electron chi connectivity index (χ0n) is 12.7. The first-order valence-corrected chi connectivity index (χ1v) is 6.89. The molecule has 0 aliphatic carbocycles. The van der Waals surface area contributed by atoms with E-state index in [0.717, 1.165) is 5.69 Å². The van der Waals surface area contributed by atoms with Crippen LogP contribution in [0.5, 0.6) is 0 Å². The second-order valence-electron chi connectivity index (χ2n) is 5.13. The van der Waals surface area contributed by atoms with Gasteiger partial charge >= 0.3 is 6.03 Å². The molecule has 0 spiro atoms. The van der Waals surface area contributed by atoms with Crippen molar-refractivity contribution in [2.45, 2.75) is 19.9 Å². The smallest absolute Gasteiger partial charge is 0.323 e. The SMILES string of the molecule is Cc1cc(NC(=O)N(C)C(C)CO)nn1-c1ccc(F)cc1. The van der Waals surface area contributed by atoms with Gasteiger partial charge in [0.1, 0.15) is 5.82 Å². The van der Waals surface area contributed by atoms with Crippen molar-refractivity contribution in [2.24, 2.45) is 0 Å². The standard InChI is InChI=1S/C15H19FN4O2/c1-10-8-14(17-15(22)19(3)11(2)9-21)18-20(10)13-6-4-12(16)5-7-13/h4-8,11,21H,9H2,1-3H3,(H,17,18,22). The third-order valence-corrected chi connectivity index (χ3v) is 3.44. The van der Waals surface area contributed by atoms with Crippen molar-refractivity contribution in [1.82, 2.24) is 14.7 Å². The van der Waals surface area contributed by atoms with Crippen molar-refractivity contribution >= 4 is 11.8 Å².